The summed E-state index contributed by atoms with van der Waals surface area (Å²) in [5, 5.41) is 11.0. The first kappa shape index (κ1) is 38.2. The molecule has 6 aromatic rings. The topological polar surface area (TPSA) is 171 Å². The highest BCUT2D eigenvalue weighted by Crippen LogP contribution is 2.32. The number of piperazine rings is 1. The van der Waals surface area contributed by atoms with Gasteiger partial charge in [0.1, 0.15) is 29.5 Å². The Bertz CT molecular complexity index is 2570. The third-order valence-electron chi connectivity index (χ3n) is 9.91. The molecule has 0 unspecified atom stereocenters. The Hall–Kier alpha value is -6.72. The maximum Gasteiger partial charge on any atom is 0.334 e. The van der Waals surface area contributed by atoms with Crippen LogP contribution >= 0.6 is 0 Å². The Kier molecular flexibility index (Phi) is 10.5. The number of amides is 4. The molecule has 3 aromatic heterocycles. The lowest BCUT2D eigenvalue weighted by Crippen LogP contribution is -2.76. The van der Waals surface area contributed by atoms with Crippen LogP contribution in [0.15, 0.2) is 120 Å². The molecule has 5 heterocycles. The number of nitrogens with zero attached hydrogens (tertiary/aromatic N) is 7. The smallest absolute Gasteiger partial charge is 0.334 e. The summed E-state index contributed by atoms with van der Waals surface area (Å²) in [7, 11) is -3.77. The summed E-state index contributed by atoms with van der Waals surface area (Å²) in [6, 6.07) is 27.8. The van der Waals surface area contributed by atoms with Crippen molar-refractivity contribution in [3.05, 3.63) is 144 Å². The molecule has 17 heteroatoms. The second-order valence-electron chi connectivity index (χ2n) is 14.0. The van der Waals surface area contributed by atoms with Gasteiger partial charge in [-0.3, -0.25) is 19.6 Å². The second-order valence-corrected chi connectivity index (χ2v) is 15.6. The quantitative estimate of drug-likeness (QED) is 0.183. The van der Waals surface area contributed by atoms with E-state index < -0.39 is 40.1 Å². The van der Waals surface area contributed by atoms with Crippen LogP contribution in [0.4, 0.5) is 9.18 Å². The van der Waals surface area contributed by atoms with Crippen LogP contribution in [0.2, 0.25) is 0 Å². The molecular weight excluding hydrogens is 768 g/mol. The zero-order valence-electron chi connectivity index (χ0n) is 31.1. The molecule has 3 aromatic carbocycles. The number of carbonyl (C=O) groups is 3. The predicted octanol–water partition coefficient (Wildman–Crippen LogP) is 4.51. The Balaban J connectivity index is 1.16. The first-order chi connectivity index (χ1) is 28.0. The largest absolute Gasteiger partial charge is 0.383 e. The van der Waals surface area contributed by atoms with Crippen molar-refractivity contribution in [2.75, 3.05) is 19.3 Å². The lowest BCUT2D eigenvalue weighted by Gasteiger charge is -2.55. The molecule has 0 spiro atoms. The monoisotopic (exact) mass is 804 g/mol. The fraction of sp³-hybridized carbons (Fsp3) is 0.220. The van der Waals surface area contributed by atoms with Crippen molar-refractivity contribution in [3.63, 3.8) is 0 Å². The number of carbonyl (C=O) groups excluding carboxylic acids is 3. The van der Waals surface area contributed by atoms with Crippen LogP contribution in [0.5, 0.6) is 5.75 Å². The highest BCUT2D eigenvalue weighted by atomic mass is 32.2. The van der Waals surface area contributed by atoms with Crippen molar-refractivity contribution in [1.82, 2.24) is 40.3 Å². The van der Waals surface area contributed by atoms with Gasteiger partial charge in [0, 0.05) is 37.2 Å². The molecule has 2 aliphatic heterocycles. The van der Waals surface area contributed by atoms with E-state index in [-0.39, 0.29) is 50.8 Å². The average Bonchev–Trinajstić information content (AvgIpc) is 3.68. The van der Waals surface area contributed by atoms with E-state index in [0.717, 1.165) is 34.5 Å². The zero-order valence-corrected chi connectivity index (χ0v) is 32.0. The molecule has 15 nitrogen and oxygen atoms in total. The molecule has 4 amide bonds. The highest BCUT2D eigenvalue weighted by molar-refractivity contribution is 7.86. The third-order valence-corrected chi connectivity index (χ3v) is 10.4. The normalized spacial score (nSPS) is 17.4. The van der Waals surface area contributed by atoms with Crippen molar-refractivity contribution in [2.24, 2.45) is 0 Å². The maximum atomic E-state index is 14.7. The Morgan fingerprint density at radius 1 is 0.914 bits per heavy atom. The standard InChI is InChI=1S/C41H37FN8O7S/c1-58(54,55)57-31-15-12-27(13-16-31)19-37-40(52)47(23-29-9-5-11-34-33(29)10-6-18-43-34)25-38-49(37)39(51)26-48(50(38)41(53)45-21-28-7-3-2-4-8-28)24-32-20-36(46-56-32)35-17-14-30(42)22-44-35/h2-18,20,22,37-38H,19,21,23-26H2,1H3,(H,45,53)/t37-,38-/m0/s1. The number of rotatable bonds is 11. The van der Waals surface area contributed by atoms with E-state index >= 15 is 0 Å². The molecule has 58 heavy (non-hydrogen) atoms. The molecule has 2 aliphatic rings. The van der Waals surface area contributed by atoms with Gasteiger partial charge in [0.05, 0.1) is 43.3 Å². The SMILES string of the molecule is CS(=O)(=O)Oc1ccc(C[C@H]2C(=O)N(Cc3cccc4ncccc34)C[C@H]3N2C(=O)CN(Cc2cc(-c4ccc(F)cn4)no2)N3C(=O)NCc2ccccc2)cc1. The van der Waals surface area contributed by atoms with E-state index in [1.54, 1.807) is 34.3 Å². The molecule has 2 atom stereocenters. The van der Waals surface area contributed by atoms with Crippen molar-refractivity contribution in [3.8, 4) is 17.1 Å². The first-order valence-electron chi connectivity index (χ1n) is 18.3. The van der Waals surface area contributed by atoms with Crippen LogP contribution in [-0.2, 0) is 45.8 Å². The van der Waals surface area contributed by atoms with Gasteiger partial charge in [0.2, 0.25) is 11.8 Å². The number of urea groups is 1. The van der Waals surface area contributed by atoms with Gasteiger partial charge in [-0.05, 0) is 53.1 Å². The fourth-order valence-corrected chi connectivity index (χ4v) is 7.79. The molecular formula is C41H37FN8O7S. The van der Waals surface area contributed by atoms with Gasteiger partial charge in [0.25, 0.3) is 0 Å². The second kappa shape index (κ2) is 16.0. The van der Waals surface area contributed by atoms with Crippen LogP contribution in [0.3, 0.4) is 0 Å². The van der Waals surface area contributed by atoms with Crippen molar-refractivity contribution in [2.45, 2.75) is 38.3 Å². The summed E-state index contributed by atoms with van der Waals surface area (Å²) in [6.45, 7) is -0.0360. The van der Waals surface area contributed by atoms with Gasteiger partial charge in [-0.15, -0.1) is 0 Å². The molecule has 8 rings (SSSR count). The third kappa shape index (κ3) is 8.35. The minimum absolute atomic E-state index is 0.0325. The summed E-state index contributed by atoms with van der Waals surface area (Å²) in [5.41, 5.74) is 3.78. The van der Waals surface area contributed by atoms with E-state index in [0.29, 0.717) is 22.7 Å². The predicted molar refractivity (Wildman–Crippen MR) is 208 cm³/mol. The molecule has 2 fully saturated rings. The van der Waals surface area contributed by atoms with Gasteiger partial charge in [-0.25, -0.2) is 14.2 Å². The van der Waals surface area contributed by atoms with Gasteiger partial charge in [-0.1, -0.05) is 65.8 Å². The molecule has 0 aliphatic carbocycles. The number of halogens is 1. The van der Waals surface area contributed by atoms with Crippen molar-refractivity contribution < 1.29 is 35.9 Å². The van der Waals surface area contributed by atoms with E-state index in [1.807, 2.05) is 60.7 Å². The van der Waals surface area contributed by atoms with Gasteiger partial charge in [-0.2, -0.15) is 13.4 Å². The number of hydrogen-bond donors (Lipinski definition) is 1. The number of aromatic nitrogens is 3. The van der Waals surface area contributed by atoms with E-state index in [9.17, 15) is 27.2 Å². The molecule has 1 N–H and O–H groups in total. The maximum absolute atomic E-state index is 14.7. The number of hydrazine groups is 1. The van der Waals surface area contributed by atoms with E-state index in [1.165, 1.54) is 34.2 Å². The number of pyridine rings is 2. The summed E-state index contributed by atoms with van der Waals surface area (Å²) in [4.78, 5) is 55.2. The van der Waals surface area contributed by atoms with Crippen molar-refractivity contribution in [1.29, 1.82) is 0 Å². The summed E-state index contributed by atoms with van der Waals surface area (Å²) in [5.74, 6) is -0.826. The van der Waals surface area contributed by atoms with Crippen LogP contribution in [0.25, 0.3) is 22.3 Å². The molecule has 296 valence electrons. The van der Waals surface area contributed by atoms with Crippen LogP contribution < -0.4 is 9.50 Å². The Morgan fingerprint density at radius 3 is 2.48 bits per heavy atom. The lowest BCUT2D eigenvalue weighted by atomic mass is 9.98. The van der Waals surface area contributed by atoms with Crippen LogP contribution in [0, 0.1) is 5.82 Å². The first-order valence-corrected chi connectivity index (χ1v) is 20.1. The number of nitrogens with one attached hydrogen (secondary N) is 1. The molecule has 0 bridgehead atoms. The fourth-order valence-electron chi connectivity index (χ4n) is 7.33. The minimum Gasteiger partial charge on any atom is -0.383 e. The Morgan fingerprint density at radius 2 is 1.72 bits per heavy atom. The number of hydrogen-bond acceptors (Lipinski definition) is 11. The molecule has 0 saturated carbocycles. The van der Waals surface area contributed by atoms with Crippen LogP contribution in [-0.4, -0.2) is 92.8 Å². The lowest BCUT2D eigenvalue weighted by molar-refractivity contribution is -0.193. The summed E-state index contributed by atoms with van der Waals surface area (Å²) in [6.07, 6.45) is 2.80. The van der Waals surface area contributed by atoms with E-state index in [2.05, 4.69) is 20.4 Å². The highest BCUT2D eigenvalue weighted by Gasteiger charge is 2.51. The van der Waals surface area contributed by atoms with E-state index in [4.69, 9.17) is 8.71 Å². The average molecular weight is 805 g/mol. The zero-order chi connectivity index (χ0) is 40.4. The Labute approximate surface area is 332 Å². The molecule has 2 saturated heterocycles. The van der Waals surface area contributed by atoms with Gasteiger partial charge in [0.15, 0.2) is 5.76 Å². The molecule has 0 radical (unpaired) electrons. The minimum atomic E-state index is -3.77. The number of benzene rings is 3. The summed E-state index contributed by atoms with van der Waals surface area (Å²) >= 11 is 0. The van der Waals surface area contributed by atoms with Gasteiger partial charge >= 0.3 is 16.1 Å². The van der Waals surface area contributed by atoms with Crippen LogP contribution in [0.1, 0.15) is 22.5 Å². The van der Waals surface area contributed by atoms with Crippen molar-refractivity contribution >= 4 is 38.9 Å². The number of fused-ring (bicyclic) bond motifs is 2. The van der Waals surface area contributed by atoms with Gasteiger partial charge < -0.3 is 23.8 Å². The summed E-state index contributed by atoms with van der Waals surface area (Å²) < 4.78 is 47.8.